The minimum absolute atomic E-state index is 0.0794. The first kappa shape index (κ1) is 17.3. The number of aromatic amines is 1. The van der Waals surface area contributed by atoms with Gasteiger partial charge < -0.3 is 10.3 Å². The highest BCUT2D eigenvalue weighted by atomic mass is 16.1. The summed E-state index contributed by atoms with van der Waals surface area (Å²) in [5.41, 5.74) is 8.21. The lowest BCUT2D eigenvalue weighted by Gasteiger charge is -2.19. The maximum atomic E-state index is 13.0. The Labute approximate surface area is 146 Å². The molecule has 3 aromatic heterocycles. The first-order valence-electron chi connectivity index (χ1n) is 8.95. The third-order valence-corrected chi connectivity index (χ3v) is 4.78. The Hall–Kier alpha value is -2.57. The summed E-state index contributed by atoms with van der Waals surface area (Å²) in [6.45, 7) is 4.30. The van der Waals surface area contributed by atoms with Gasteiger partial charge in [0.05, 0.1) is 11.2 Å². The molecule has 0 aliphatic heterocycles. The van der Waals surface area contributed by atoms with Crippen LogP contribution >= 0.6 is 0 Å². The van der Waals surface area contributed by atoms with Crippen molar-refractivity contribution >= 4 is 16.7 Å². The fraction of sp³-hybridized carbons (Fsp3) is 0.500. The van der Waals surface area contributed by atoms with Crippen LogP contribution < -0.4 is 11.3 Å². The van der Waals surface area contributed by atoms with Gasteiger partial charge in [-0.05, 0) is 18.9 Å². The lowest BCUT2D eigenvalue weighted by atomic mass is 10.0. The predicted octanol–water partition coefficient (Wildman–Crippen LogP) is 3.24. The monoisotopic (exact) mass is 342 g/mol. The molecule has 3 aromatic rings. The molecule has 7 heteroatoms. The van der Waals surface area contributed by atoms with E-state index >= 15 is 0 Å². The molecular weight excluding hydrogens is 316 g/mol. The summed E-state index contributed by atoms with van der Waals surface area (Å²) in [4.78, 5) is 13.0. The molecule has 1 atom stereocenters. The molecule has 7 nitrogen and oxygen atoms in total. The van der Waals surface area contributed by atoms with Crippen molar-refractivity contribution in [2.24, 2.45) is 7.05 Å². The molecule has 0 bridgehead atoms. The maximum Gasteiger partial charge on any atom is 0.264 e. The molecule has 0 radical (unpaired) electrons. The van der Waals surface area contributed by atoms with Gasteiger partial charge in [-0.15, -0.1) is 0 Å². The molecule has 25 heavy (non-hydrogen) atoms. The molecule has 0 amide bonds. The van der Waals surface area contributed by atoms with Gasteiger partial charge in [0.25, 0.3) is 5.56 Å². The van der Waals surface area contributed by atoms with Crippen LogP contribution in [-0.2, 0) is 7.05 Å². The number of fused-ring (bicyclic) bond motifs is 1. The van der Waals surface area contributed by atoms with E-state index < -0.39 is 0 Å². The summed E-state index contributed by atoms with van der Waals surface area (Å²) < 4.78 is 3.57. The number of anilines is 1. The zero-order valence-corrected chi connectivity index (χ0v) is 15.1. The lowest BCUT2D eigenvalue weighted by molar-refractivity contribution is 0.423. The summed E-state index contributed by atoms with van der Waals surface area (Å²) in [7, 11) is 1.87. The fourth-order valence-corrected chi connectivity index (χ4v) is 3.35. The molecule has 0 aliphatic rings. The number of nitrogens with one attached hydrogen (secondary N) is 1. The van der Waals surface area contributed by atoms with Crippen LogP contribution in [0, 0.1) is 0 Å². The van der Waals surface area contributed by atoms with E-state index in [9.17, 15) is 4.79 Å². The molecule has 0 spiro atoms. The third-order valence-electron chi connectivity index (χ3n) is 4.78. The van der Waals surface area contributed by atoms with E-state index in [0.717, 1.165) is 36.9 Å². The molecule has 3 rings (SSSR count). The van der Waals surface area contributed by atoms with Gasteiger partial charge in [0.2, 0.25) is 0 Å². The maximum absolute atomic E-state index is 13.0. The normalized spacial score (nSPS) is 12.8. The van der Waals surface area contributed by atoms with Crippen molar-refractivity contribution in [3.8, 4) is 11.3 Å². The van der Waals surface area contributed by atoms with Gasteiger partial charge in [-0.25, -0.2) is 0 Å². The standard InChI is InChI=1S/C18H26N6O/c1-4-6-7-8-12(5-2)24-11-13(14-9-10-23(3)22-14)16-15(18(24)25)17(19)21-20-16/h9-12H,4-8H2,1-3H3,(H3,19,20,21). The van der Waals surface area contributed by atoms with Crippen molar-refractivity contribution < 1.29 is 0 Å². The van der Waals surface area contributed by atoms with Gasteiger partial charge in [0, 0.05) is 31.0 Å². The first-order chi connectivity index (χ1) is 12.1. The number of hydrogen-bond acceptors (Lipinski definition) is 4. The van der Waals surface area contributed by atoms with Crippen LogP contribution in [0.3, 0.4) is 0 Å². The highest BCUT2D eigenvalue weighted by molar-refractivity contribution is 5.97. The molecule has 0 aromatic carbocycles. The topological polar surface area (TPSA) is 94.5 Å². The Morgan fingerprint density at radius 1 is 1.32 bits per heavy atom. The van der Waals surface area contributed by atoms with E-state index in [1.807, 2.05) is 30.1 Å². The average Bonchev–Trinajstić information content (AvgIpc) is 3.19. The van der Waals surface area contributed by atoms with E-state index in [1.54, 1.807) is 4.68 Å². The van der Waals surface area contributed by atoms with Crippen molar-refractivity contribution in [3.63, 3.8) is 0 Å². The second-order valence-corrected chi connectivity index (χ2v) is 6.55. The lowest BCUT2D eigenvalue weighted by Crippen LogP contribution is -2.25. The predicted molar refractivity (Wildman–Crippen MR) is 100 cm³/mol. The van der Waals surface area contributed by atoms with Crippen molar-refractivity contribution in [2.75, 3.05) is 5.73 Å². The van der Waals surface area contributed by atoms with Crippen LogP contribution in [0.15, 0.2) is 23.3 Å². The molecule has 1 unspecified atom stereocenters. The highest BCUT2D eigenvalue weighted by Gasteiger charge is 2.20. The van der Waals surface area contributed by atoms with E-state index in [0.29, 0.717) is 10.9 Å². The zero-order valence-electron chi connectivity index (χ0n) is 15.1. The summed E-state index contributed by atoms with van der Waals surface area (Å²) >= 11 is 0. The molecule has 134 valence electrons. The van der Waals surface area contributed by atoms with Gasteiger partial charge in [-0.1, -0.05) is 33.1 Å². The zero-order chi connectivity index (χ0) is 18.0. The van der Waals surface area contributed by atoms with Gasteiger partial charge in [-0.2, -0.15) is 10.2 Å². The second kappa shape index (κ2) is 7.13. The van der Waals surface area contributed by atoms with Crippen LogP contribution in [0.2, 0.25) is 0 Å². The quantitative estimate of drug-likeness (QED) is 0.644. The Kier molecular flexibility index (Phi) is 4.92. The number of aromatic nitrogens is 5. The van der Waals surface area contributed by atoms with E-state index in [4.69, 9.17) is 5.73 Å². The van der Waals surface area contributed by atoms with Gasteiger partial charge in [0.15, 0.2) is 5.82 Å². The molecule has 3 heterocycles. The Morgan fingerprint density at radius 2 is 2.12 bits per heavy atom. The molecule has 0 fully saturated rings. The van der Waals surface area contributed by atoms with Crippen molar-refractivity contribution in [2.45, 2.75) is 52.0 Å². The number of nitrogens with zero attached hydrogens (tertiary/aromatic N) is 4. The number of nitrogen functional groups attached to an aromatic ring is 1. The van der Waals surface area contributed by atoms with Crippen molar-refractivity contribution in [3.05, 3.63) is 28.8 Å². The fourth-order valence-electron chi connectivity index (χ4n) is 3.35. The van der Waals surface area contributed by atoms with Gasteiger partial charge in [0.1, 0.15) is 5.39 Å². The van der Waals surface area contributed by atoms with E-state index in [-0.39, 0.29) is 17.4 Å². The minimum atomic E-state index is -0.0794. The number of nitrogens with two attached hydrogens (primary N) is 1. The van der Waals surface area contributed by atoms with E-state index in [2.05, 4.69) is 29.1 Å². The van der Waals surface area contributed by atoms with E-state index in [1.165, 1.54) is 6.42 Å². The van der Waals surface area contributed by atoms with Crippen LogP contribution in [-0.4, -0.2) is 24.5 Å². The van der Waals surface area contributed by atoms with Crippen LogP contribution in [0.4, 0.5) is 5.82 Å². The summed E-state index contributed by atoms with van der Waals surface area (Å²) in [6.07, 6.45) is 9.12. The number of unbranched alkanes of at least 4 members (excludes halogenated alkanes) is 2. The van der Waals surface area contributed by atoms with Gasteiger partial charge in [-0.3, -0.25) is 14.6 Å². The second-order valence-electron chi connectivity index (χ2n) is 6.55. The van der Waals surface area contributed by atoms with Crippen molar-refractivity contribution in [1.29, 1.82) is 0 Å². The number of aryl methyl sites for hydroxylation is 1. The first-order valence-corrected chi connectivity index (χ1v) is 8.95. The Balaban J connectivity index is 2.16. The molecule has 0 aliphatic carbocycles. The minimum Gasteiger partial charge on any atom is -0.382 e. The van der Waals surface area contributed by atoms with Gasteiger partial charge >= 0.3 is 0 Å². The van der Waals surface area contributed by atoms with Crippen LogP contribution in [0.25, 0.3) is 22.2 Å². The average molecular weight is 342 g/mol. The van der Waals surface area contributed by atoms with Crippen LogP contribution in [0.5, 0.6) is 0 Å². The number of H-pyrrole nitrogens is 1. The summed E-state index contributed by atoms with van der Waals surface area (Å²) in [5.74, 6) is 0.245. The smallest absolute Gasteiger partial charge is 0.264 e. The number of hydrogen-bond donors (Lipinski definition) is 2. The van der Waals surface area contributed by atoms with Crippen LogP contribution in [0.1, 0.15) is 52.0 Å². The Morgan fingerprint density at radius 3 is 2.76 bits per heavy atom. The molecular formula is C18H26N6O. The number of rotatable bonds is 7. The largest absolute Gasteiger partial charge is 0.382 e. The Bertz CT molecular complexity index is 919. The summed E-state index contributed by atoms with van der Waals surface area (Å²) in [6, 6.07) is 2.08. The number of pyridine rings is 1. The third kappa shape index (κ3) is 3.18. The molecule has 3 N–H and O–H groups in total. The molecule has 0 saturated heterocycles. The van der Waals surface area contributed by atoms with Crippen molar-refractivity contribution in [1.82, 2.24) is 24.5 Å². The molecule has 0 saturated carbocycles. The summed E-state index contributed by atoms with van der Waals surface area (Å²) in [5, 5.41) is 11.9. The highest BCUT2D eigenvalue weighted by Crippen LogP contribution is 2.28. The SMILES string of the molecule is CCCCCC(CC)n1cc(-c2ccn(C)n2)c2[nH]nc(N)c2c1=O.